The van der Waals surface area contributed by atoms with Crippen molar-refractivity contribution in [3.63, 3.8) is 0 Å². The van der Waals surface area contributed by atoms with E-state index in [2.05, 4.69) is 4.90 Å². The predicted molar refractivity (Wildman–Crippen MR) is 137 cm³/mol. The number of rotatable bonds is 6. The molecule has 0 unspecified atom stereocenters. The minimum atomic E-state index is -3.91. The topological polar surface area (TPSA) is 60.9 Å². The maximum Gasteiger partial charge on any atom is 0.264 e. The molecule has 3 aromatic rings. The zero-order valence-electron chi connectivity index (χ0n) is 19.3. The zero-order chi connectivity index (χ0) is 24.3. The molecule has 178 valence electrons. The summed E-state index contributed by atoms with van der Waals surface area (Å²) in [6, 6.07) is 21.2. The number of anilines is 2. The molecule has 1 saturated heterocycles. The van der Waals surface area contributed by atoms with Gasteiger partial charge in [0.15, 0.2) is 0 Å². The molecule has 1 aliphatic heterocycles. The van der Waals surface area contributed by atoms with Crippen molar-refractivity contribution in [3.05, 3.63) is 88.9 Å². The normalized spacial score (nSPS) is 14.2. The van der Waals surface area contributed by atoms with E-state index in [1.165, 1.54) is 4.31 Å². The minimum absolute atomic E-state index is 0.163. The molecule has 0 bridgehead atoms. The Balaban J connectivity index is 1.52. The van der Waals surface area contributed by atoms with Gasteiger partial charge in [-0.05, 0) is 55.8 Å². The summed E-state index contributed by atoms with van der Waals surface area (Å²) in [6.45, 7) is 6.02. The monoisotopic (exact) mass is 497 g/mol. The number of carbonyl (C=O) groups excluding carboxylic acids is 1. The molecule has 0 aliphatic carbocycles. The van der Waals surface area contributed by atoms with Gasteiger partial charge in [0.1, 0.15) is 6.54 Å². The first-order valence-electron chi connectivity index (χ1n) is 11.2. The Kier molecular flexibility index (Phi) is 7.14. The van der Waals surface area contributed by atoms with Crippen LogP contribution in [-0.2, 0) is 14.8 Å². The first-order valence-corrected chi connectivity index (χ1v) is 13.0. The fourth-order valence-corrected chi connectivity index (χ4v) is 5.67. The third kappa shape index (κ3) is 5.21. The molecule has 4 rings (SSSR count). The van der Waals surface area contributed by atoms with Crippen molar-refractivity contribution in [1.29, 1.82) is 0 Å². The molecule has 0 N–H and O–H groups in total. The van der Waals surface area contributed by atoms with E-state index in [-0.39, 0.29) is 17.3 Å². The largest absolute Gasteiger partial charge is 0.368 e. The van der Waals surface area contributed by atoms with E-state index in [1.54, 1.807) is 53.4 Å². The van der Waals surface area contributed by atoms with Crippen LogP contribution < -0.4 is 9.21 Å². The van der Waals surface area contributed by atoms with Gasteiger partial charge in [-0.1, -0.05) is 53.6 Å². The Morgan fingerprint density at radius 1 is 0.912 bits per heavy atom. The zero-order valence-corrected chi connectivity index (χ0v) is 20.9. The number of sulfonamides is 1. The van der Waals surface area contributed by atoms with Crippen LogP contribution in [0, 0.1) is 13.8 Å². The van der Waals surface area contributed by atoms with E-state index >= 15 is 0 Å². The Labute approximate surface area is 206 Å². The van der Waals surface area contributed by atoms with Crippen molar-refractivity contribution < 1.29 is 13.2 Å². The Bertz CT molecular complexity index is 1260. The third-order valence-corrected chi connectivity index (χ3v) is 8.10. The van der Waals surface area contributed by atoms with Gasteiger partial charge >= 0.3 is 0 Å². The predicted octanol–water partition coefficient (Wildman–Crippen LogP) is 4.50. The van der Waals surface area contributed by atoms with E-state index in [9.17, 15) is 13.2 Å². The van der Waals surface area contributed by atoms with Crippen LogP contribution in [0.5, 0.6) is 0 Å². The second kappa shape index (κ2) is 10.1. The van der Waals surface area contributed by atoms with Crippen LogP contribution >= 0.6 is 11.6 Å². The van der Waals surface area contributed by atoms with E-state index in [4.69, 9.17) is 11.6 Å². The van der Waals surface area contributed by atoms with Crippen LogP contribution in [0.3, 0.4) is 0 Å². The van der Waals surface area contributed by atoms with Crippen LogP contribution in [0.2, 0.25) is 5.02 Å². The van der Waals surface area contributed by atoms with Crippen LogP contribution in [0.1, 0.15) is 11.1 Å². The Morgan fingerprint density at radius 3 is 2.21 bits per heavy atom. The highest BCUT2D eigenvalue weighted by atomic mass is 35.5. The summed E-state index contributed by atoms with van der Waals surface area (Å²) < 4.78 is 28.2. The first kappa shape index (κ1) is 24.1. The number of para-hydroxylation sites is 1. The average Bonchev–Trinajstić information content (AvgIpc) is 2.84. The molecule has 1 fully saturated rings. The molecule has 0 atom stereocenters. The van der Waals surface area contributed by atoms with Gasteiger partial charge in [0, 0.05) is 36.9 Å². The van der Waals surface area contributed by atoms with Crippen molar-refractivity contribution in [2.24, 2.45) is 0 Å². The first-order chi connectivity index (χ1) is 16.3. The second-order valence-corrected chi connectivity index (χ2v) is 10.8. The molecule has 0 radical (unpaired) electrons. The number of hydrogen-bond donors (Lipinski definition) is 0. The van der Waals surface area contributed by atoms with Crippen LogP contribution in [0.15, 0.2) is 77.7 Å². The van der Waals surface area contributed by atoms with Crippen molar-refractivity contribution >= 4 is 38.9 Å². The van der Waals surface area contributed by atoms with Crippen LogP contribution in [0.4, 0.5) is 11.4 Å². The molecule has 3 aromatic carbocycles. The lowest BCUT2D eigenvalue weighted by atomic mass is 10.1. The maximum absolute atomic E-state index is 13.5. The summed E-state index contributed by atoms with van der Waals surface area (Å²) >= 11 is 6.18. The minimum Gasteiger partial charge on any atom is -0.368 e. The number of carbonyl (C=O) groups is 1. The van der Waals surface area contributed by atoms with Crippen molar-refractivity contribution in [2.75, 3.05) is 41.9 Å². The van der Waals surface area contributed by atoms with Gasteiger partial charge in [0.05, 0.1) is 10.6 Å². The molecule has 0 saturated carbocycles. The number of aryl methyl sites for hydroxylation is 2. The summed E-state index contributed by atoms with van der Waals surface area (Å²) in [6.07, 6.45) is 0. The van der Waals surface area contributed by atoms with E-state index < -0.39 is 10.0 Å². The molecular weight excluding hydrogens is 470 g/mol. The lowest BCUT2D eigenvalue weighted by Gasteiger charge is -2.37. The summed E-state index contributed by atoms with van der Waals surface area (Å²) in [5.74, 6) is -0.220. The molecular formula is C26H28ClN3O3S. The number of hydrogen-bond acceptors (Lipinski definition) is 4. The Hall–Kier alpha value is -3.03. The summed E-state index contributed by atoms with van der Waals surface area (Å²) in [7, 11) is -3.91. The second-order valence-electron chi connectivity index (χ2n) is 8.46. The highest BCUT2D eigenvalue weighted by Gasteiger charge is 2.30. The smallest absolute Gasteiger partial charge is 0.264 e. The maximum atomic E-state index is 13.5. The number of amides is 1. The van der Waals surface area contributed by atoms with E-state index in [0.717, 1.165) is 16.8 Å². The molecule has 0 spiro atoms. The van der Waals surface area contributed by atoms with Gasteiger partial charge in [0.25, 0.3) is 10.0 Å². The number of nitrogens with zero attached hydrogens (tertiary/aromatic N) is 3. The quantitative estimate of drug-likeness (QED) is 0.503. The fraction of sp³-hybridized carbons (Fsp3) is 0.269. The SMILES string of the molecule is Cc1ccc(S(=O)(=O)N(CC(=O)N2CCN(c3cc(Cl)ccc3C)CC2)c2ccccc2)cc1. The van der Waals surface area contributed by atoms with Gasteiger partial charge in [0.2, 0.25) is 5.91 Å². The highest BCUT2D eigenvalue weighted by Crippen LogP contribution is 2.27. The average molecular weight is 498 g/mol. The van der Waals surface area contributed by atoms with Crippen molar-refractivity contribution in [3.8, 4) is 0 Å². The molecule has 1 heterocycles. The number of halogens is 1. The molecule has 6 nitrogen and oxygen atoms in total. The molecule has 34 heavy (non-hydrogen) atoms. The van der Waals surface area contributed by atoms with Crippen molar-refractivity contribution in [2.45, 2.75) is 18.7 Å². The number of piperazine rings is 1. The summed E-state index contributed by atoms with van der Waals surface area (Å²) in [5, 5.41) is 0.680. The van der Waals surface area contributed by atoms with E-state index in [0.29, 0.717) is 36.9 Å². The lowest BCUT2D eigenvalue weighted by Crippen LogP contribution is -2.52. The van der Waals surface area contributed by atoms with Gasteiger partial charge in [-0.15, -0.1) is 0 Å². The molecule has 8 heteroatoms. The van der Waals surface area contributed by atoms with Gasteiger partial charge in [-0.25, -0.2) is 8.42 Å². The summed E-state index contributed by atoms with van der Waals surface area (Å²) in [5.41, 5.74) is 3.62. The summed E-state index contributed by atoms with van der Waals surface area (Å²) in [4.78, 5) is 17.4. The Morgan fingerprint density at radius 2 is 1.56 bits per heavy atom. The van der Waals surface area contributed by atoms with Gasteiger partial charge in [-0.2, -0.15) is 0 Å². The van der Waals surface area contributed by atoms with E-state index in [1.807, 2.05) is 38.1 Å². The lowest BCUT2D eigenvalue weighted by molar-refractivity contribution is -0.129. The molecule has 1 aliphatic rings. The molecule has 0 aromatic heterocycles. The van der Waals surface area contributed by atoms with Gasteiger partial charge in [-0.3, -0.25) is 9.10 Å². The number of benzene rings is 3. The van der Waals surface area contributed by atoms with Gasteiger partial charge < -0.3 is 9.80 Å². The molecule has 1 amide bonds. The van der Waals surface area contributed by atoms with Crippen LogP contribution in [-0.4, -0.2) is 51.9 Å². The standard InChI is InChI=1S/C26H28ClN3O3S/c1-20-8-12-24(13-9-20)34(32,33)30(23-6-4-3-5-7-23)19-26(31)29-16-14-28(15-17-29)25-18-22(27)11-10-21(25)2/h3-13,18H,14-17,19H2,1-2H3. The third-order valence-electron chi connectivity index (χ3n) is 6.08. The highest BCUT2D eigenvalue weighted by molar-refractivity contribution is 7.92. The fourth-order valence-electron chi connectivity index (χ4n) is 4.09. The van der Waals surface area contributed by atoms with Crippen LogP contribution in [0.25, 0.3) is 0 Å². The van der Waals surface area contributed by atoms with Crippen molar-refractivity contribution in [1.82, 2.24) is 4.90 Å².